The highest BCUT2D eigenvalue weighted by atomic mass is 31.2. The van der Waals surface area contributed by atoms with Gasteiger partial charge in [-0.15, -0.1) is 0 Å². The zero-order valence-electron chi connectivity index (χ0n) is 16.7. The fraction of sp³-hybridized carbons (Fsp3) is 0.812. The Hall–Kier alpha value is -1.18. The first kappa shape index (κ1) is 22.0. The van der Waals surface area contributed by atoms with Crippen LogP contribution in [0.1, 0.15) is 25.7 Å². The summed E-state index contributed by atoms with van der Waals surface area (Å²) in [5.74, 6) is 1.07. The van der Waals surface area contributed by atoms with Crippen LogP contribution < -0.4 is 27.4 Å². The Balaban J connectivity index is 1.47. The fourth-order valence-corrected chi connectivity index (χ4v) is 5.10. The molecule has 4 heterocycles. The molecule has 4 aliphatic heterocycles. The summed E-state index contributed by atoms with van der Waals surface area (Å²) in [6.45, 7) is 1.82. The van der Waals surface area contributed by atoms with Crippen LogP contribution in [0.25, 0.3) is 0 Å². The smallest absolute Gasteiger partial charge is 0.385 e. The summed E-state index contributed by atoms with van der Waals surface area (Å²) in [4.78, 5) is 16.0. The van der Waals surface area contributed by atoms with Gasteiger partial charge in [0.1, 0.15) is 42.8 Å². The first-order chi connectivity index (χ1) is 14.4. The lowest BCUT2D eigenvalue weighted by molar-refractivity contribution is -0.103. The highest BCUT2D eigenvalue weighted by Gasteiger charge is 2.59. The maximum atomic E-state index is 10.9. The van der Waals surface area contributed by atoms with E-state index in [0.717, 1.165) is 32.2 Å². The maximum Gasteiger partial charge on any atom is 0.488 e. The molecule has 2 radical (unpaired) electrons. The van der Waals surface area contributed by atoms with Crippen molar-refractivity contribution in [1.82, 2.24) is 20.9 Å². The van der Waals surface area contributed by atoms with Gasteiger partial charge in [0.2, 0.25) is 0 Å². The summed E-state index contributed by atoms with van der Waals surface area (Å²) in [7, 11) is 2.16. The summed E-state index contributed by atoms with van der Waals surface area (Å²) in [5, 5.41) is 20.9. The number of amidine groups is 1. The van der Waals surface area contributed by atoms with Gasteiger partial charge in [0.25, 0.3) is 0 Å². The van der Waals surface area contributed by atoms with Gasteiger partial charge in [-0.1, -0.05) is 12.8 Å². The Morgan fingerprint density at radius 2 is 2.13 bits per heavy atom. The van der Waals surface area contributed by atoms with Crippen LogP contribution in [-0.4, -0.2) is 85.5 Å². The third-order valence-electron chi connectivity index (χ3n) is 5.55. The normalized spacial score (nSPS) is 38.0. The molecule has 9 N–H and O–H groups in total. The van der Waals surface area contributed by atoms with E-state index in [1.54, 1.807) is 0 Å². The van der Waals surface area contributed by atoms with Crippen LogP contribution in [0.15, 0.2) is 16.5 Å². The molecular formula is C16H30BN7O5P+. The Bertz CT molecular complexity index is 699. The molecule has 0 aliphatic carbocycles. The molecule has 4 rings (SSSR count). The molecule has 0 saturated carbocycles. The summed E-state index contributed by atoms with van der Waals surface area (Å²) < 4.78 is 16.6. The lowest BCUT2D eigenvalue weighted by Crippen LogP contribution is -2.57. The molecule has 0 spiro atoms. The quantitative estimate of drug-likeness (QED) is 0.123. The van der Waals surface area contributed by atoms with Crippen molar-refractivity contribution in [2.75, 3.05) is 26.4 Å². The van der Waals surface area contributed by atoms with Crippen LogP contribution in [0.4, 0.5) is 0 Å². The predicted molar refractivity (Wildman–Crippen MR) is 111 cm³/mol. The number of fused-ring (bicyclic) bond motifs is 1. The molecule has 2 fully saturated rings. The minimum atomic E-state index is -3.45. The Morgan fingerprint density at radius 1 is 1.33 bits per heavy atom. The first-order valence-electron chi connectivity index (χ1n) is 10.2. The van der Waals surface area contributed by atoms with E-state index in [1.165, 1.54) is 0 Å². The standard InChI is InChI=1S/C16H30BN7O5P/c17-30(26)27-7-9-12(29-30)11(25)15(28-9)24-14-10(13(19)21-8-22-14)23-16(24)20-6-4-2-1-3-5-18/h9,11-12,15-16,20,22-23,25-26H,1-8,18H2,(H2,19,21)/q+1/t9-,11?,12-,15?,16?,30?/m1/s1. The minimum Gasteiger partial charge on any atom is -0.385 e. The van der Waals surface area contributed by atoms with Crippen LogP contribution in [0, 0.1) is 0 Å². The van der Waals surface area contributed by atoms with Gasteiger partial charge >= 0.3 is 15.4 Å². The van der Waals surface area contributed by atoms with Gasteiger partial charge < -0.3 is 31.9 Å². The van der Waals surface area contributed by atoms with E-state index >= 15 is 0 Å². The van der Waals surface area contributed by atoms with Crippen LogP contribution >= 0.6 is 7.82 Å². The van der Waals surface area contributed by atoms with Crippen molar-refractivity contribution in [2.24, 2.45) is 16.5 Å². The van der Waals surface area contributed by atoms with Crippen LogP contribution in [0.3, 0.4) is 0 Å². The van der Waals surface area contributed by atoms with Crippen LogP contribution in [0.2, 0.25) is 0 Å². The Kier molecular flexibility index (Phi) is 6.71. The van der Waals surface area contributed by atoms with Gasteiger partial charge in [-0.25, -0.2) is 9.89 Å². The van der Waals surface area contributed by atoms with E-state index in [4.69, 9.17) is 32.8 Å². The van der Waals surface area contributed by atoms with Crippen LogP contribution in [0.5, 0.6) is 0 Å². The third-order valence-corrected chi connectivity index (χ3v) is 6.62. The largest absolute Gasteiger partial charge is 0.488 e. The number of aliphatic hydroxyl groups is 1. The summed E-state index contributed by atoms with van der Waals surface area (Å²) in [6.07, 6.45) is 0.616. The third kappa shape index (κ3) is 4.39. The molecule has 6 atom stereocenters. The second kappa shape index (κ2) is 9.13. The highest BCUT2D eigenvalue weighted by Crippen LogP contribution is 2.58. The number of nitrogens with one attached hydrogen (secondary N) is 3. The lowest BCUT2D eigenvalue weighted by Gasteiger charge is -2.35. The SMILES string of the molecule is [B][P+]1(O)OC[C@H]2OC(N3C4=C(NC3NCCCCCCN)C(N)=NCN4)C(O)[C@@H]2O1. The van der Waals surface area contributed by atoms with Crippen molar-refractivity contribution in [3.63, 3.8) is 0 Å². The summed E-state index contributed by atoms with van der Waals surface area (Å²) in [5.41, 5.74) is 12.3. The van der Waals surface area contributed by atoms with E-state index in [2.05, 4.69) is 20.9 Å². The lowest BCUT2D eigenvalue weighted by atomic mass is 10.1. The van der Waals surface area contributed by atoms with Crippen molar-refractivity contribution in [1.29, 1.82) is 0 Å². The molecule has 30 heavy (non-hydrogen) atoms. The number of nitrogens with zero attached hydrogens (tertiary/aromatic N) is 2. The second-order valence-corrected chi connectivity index (χ2v) is 9.30. The van der Waals surface area contributed by atoms with Gasteiger partial charge in [-0.05, 0) is 25.9 Å². The predicted octanol–water partition coefficient (Wildman–Crippen LogP) is -2.29. The van der Waals surface area contributed by atoms with Gasteiger partial charge in [0.15, 0.2) is 18.6 Å². The molecule has 0 aromatic rings. The zero-order valence-corrected chi connectivity index (χ0v) is 17.6. The van der Waals surface area contributed by atoms with E-state index in [-0.39, 0.29) is 12.9 Å². The van der Waals surface area contributed by atoms with Crippen LogP contribution in [-0.2, 0) is 13.8 Å². The van der Waals surface area contributed by atoms with E-state index < -0.39 is 32.4 Å². The second-order valence-electron chi connectivity index (χ2n) is 7.70. The van der Waals surface area contributed by atoms with Gasteiger partial charge in [0, 0.05) is 0 Å². The van der Waals surface area contributed by atoms with Gasteiger partial charge in [-0.2, -0.15) is 9.05 Å². The maximum absolute atomic E-state index is 10.9. The van der Waals surface area contributed by atoms with Gasteiger partial charge in [-0.3, -0.25) is 10.2 Å². The molecule has 0 bridgehead atoms. The molecule has 14 heteroatoms. The Morgan fingerprint density at radius 3 is 2.93 bits per heavy atom. The number of nitrogens with two attached hydrogens (primary N) is 2. The fourth-order valence-electron chi connectivity index (χ4n) is 4.07. The molecule has 12 nitrogen and oxygen atoms in total. The molecule has 2 saturated heterocycles. The first-order valence-corrected chi connectivity index (χ1v) is 11.9. The number of hydrogen-bond acceptors (Lipinski definition) is 12. The summed E-state index contributed by atoms with van der Waals surface area (Å²) in [6, 6.07) is 0. The van der Waals surface area contributed by atoms with Crippen molar-refractivity contribution >= 4 is 21.2 Å². The molecule has 0 amide bonds. The molecule has 0 aromatic heterocycles. The number of aliphatic hydroxyl groups excluding tert-OH is 1. The van der Waals surface area contributed by atoms with Crippen molar-refractivity contribution in [2.45, 2.75) is 56.5 Å². The number of ether oxygens (including phenoxy) is 1. The minimum absolute atomic E-state index is 0.0441. The topological polar surface area (TPSA) is 172 Å². The van der Waals surface area contributed by atoms with E-state index in [1.807, 2.05) is 4.90 Å². The molecule has 4 unspecified atom stereocenters. The number of hydrogen-bond donors (Lipinski definition) is 7. The monoisotopic (exact) mass is 442 g/mol. The van der Waals surface area contributed by atoms with E-state index in [0.29, 0.717) is 30.6 Å². The molecule has 166 valence electrons. The average Bonchev–Trinajstić information content (AvgIpc) is 3.22. The summed E-state index contributed by atoms with van der Waals surface area (Å²) >= 11 is 0. The number of rotatable bonds is 8. The van der Waals surface area contributed by atoms with Gasteiger partial charge in [0.05, 0.1) is 0 Å². The number of unbranched alkanes of at least 4 members (excludes halogenated alkanes) is 3. The Labute approximate surface area is 177 Å². The highest BCUT2D eigenvalue weighted by molar-refractivity contribution is 7.85. The zero-order chi connectivity index (χ0) is 21.3. The van der Waals surface area contributed by atoms with Crippen molar-refractivity contribution < 1.29 is 23.8 Å². The molecule has 0 aromatic carbocycles. The van der Waals surface area contributed by atoms with E-state index in [9.17, 15) is 10.00 Å². The molecule has 4 aliphatic rings. The average molecular weight is 442 g/mol. The number of aliphatic imine (C=N–C) groups is 1. The molecular weight excluding hydrogens is 412 g/mol. The van der Waals surface area contributed by atoms with Crippen molar-refractivity contribution in [3.8, 4) is 0 Å². The van der Waals surface area contributed by atoms with Crippen molar-refractivity contribution in [3.05, 3.63) is 11.5 Å².